The van der Waals surface area contributed by atoms with Gasteiger partial charge >= 0.3 is 0 Å². The molecule has 88 valence electrons. The zero-order valence-electron chi connectivity index (χ0n) is 9.76. The molecule has 2 aromatic rings. The summed E-state index contributed by atoms with van der Waals surface area (Å²) >= 11 is 0. The highest BCUT2D eigenvalue weighted by atomic mass is 16.5. The normalized spacial score (nSPS) is 10.2. The van der Waals surface area contributed by atoms with Crippen LogP contribution in [0, 0.1) is 6.92 Å². The molecule has 4 nitrogen and oxygen atoms in total. The van der Waals surface area contributed by atoms with Crippen molar-refractivity contribution in [1.82, 2.24) is 9.97 Å². The summed E-state index contributed by atoms with van der Waals surface area (Å²) in [6, 6.07) is 9.96. The first-order valence-corrected chi connectivity index (χ1v) is 5.49. The predicted octanol–water partition coefficient (Wildman–Crippen LogP) is 1.82. The summed E-state index contributed by atoms with van der Waals surface area (Å²) in [5.74, 6) is 1.26. The summed E-state index contributed by atoms with van der Waals surface area (Å²) in [7, 11) is 0. The summed E-state index contributed by atoms with van der Waals surface area (Å²) in [4.78, 5) is 8.34. The van der Waals surface area contributed by atoms with Crippen LogP contribution in [0.2, 0.25) is 0 Å². The SMILES string of the molecule is Cc1ncc(CN)c(OCc2ccccc2)n1. The lowest BCUT2D eigenvalue weighted by atomic mass is 10.2. The first-order chi connectivity index (χ1) is 8.29. The molecular weight excluding hydrogens is 214 g/mol. The molecule has 0 aliphatic heterocycles. The summed E-state index contributed by atoms with van der Waals surface area (Å²) in [5.41, 5.74) is 7.54. The highest BCUT2D eigenvalue weighted by Crippen LogP contribution is 2.15. The van der Waals surface area contributed by atoms with Crippen molar-refractivity contribution in [2.45, 2.75) is 20.1 Å². The number of hydrogen-bond acceptors (Lipinski definition) is 4. The van der Waals surface area contributed by atoms with Crippen molar-refractivity contribution in [2.75, 3.05) is 0 Å². The van der Waals surface area contributed by atoms with Crippen LogP contribution in [0.4, 0.5) is 0 Å². The Bertz CT molecular complexity index is 485. The second-order valence-electron chi connectivity index (χ2n) is 3.73. The van der Waals surface area contributed by atoms with Gasteiger partial charge in [0.05, 0.1) is 0 Å². The van der Waals surface area contributed by atoms with E-state index in [-0.39, 0.29) is 0 Å². The molecule has 0 unspecified atom stereocenters. The van der Waals surface area contributed by atoms with Crippen LogP contribution in [0.1, 0.15) is 17.0 Å². The summed E-state index contributed by atoms with van der Waals surface area (Å²) < 4.78 is 5.66. The van der Waals surface area contributed by atoms with Crippen molar-refractivity contribution in [3.8, 4) is 5.88 Å². The Hall–Kier alpha value is -1.94. The van der Waals surface area contributed by atoms with Gasteiger partial charge in [-0.1, -0.05) is 30.3 Å². The molecule has 17 heavy (non-hydrogen) atoms. The van der Waals surface area contributed by atoms with Crippen LogP contribution >= 0.6 is 0 Å². The third kappa shape index (κ3) is 3.01. The second kappa shape index (κ2) is 5.41. The van der Waals surface area contributed by atoms with E-state index < -0.39 is 0 Å². The molecule has 0 saturated heterocycles. The second-order valence-corrected chi connectivity index (χ2v) is 3.73. The minimum Gasteiger partial charge on any atom is -0.472 e. The van der Waals surface area contributed by atoms with E-state index in [1.54, 1.807) is 6.20 Å². The number of hydrogen-bond donors (Lipinski definition) is 1. The third-order valence-corrected chi connectivity index (χ3v) is 2.38. The lowest BCUT2D eigenvalue weighted by molar-refractivity contribution is 0.289. The number of nitrogens with two attached hydrogens (primary N) is 1. The molecule has 1 aromatic carbocycles. The van der Waals surface area contributed by atoms with Gasteiger partial charge in [0.25, 0.3) is 0 Å². The van der Waals surface area contributed by atoms with Crippen LogP contribution in [-0.2, 0) is 13.2 Å². The quantitative estimate of drug-likeness (QED) is 0.868. The van der Waals surface area contributed by atoms with Crippen LogP contribution in [0.25, 0.3) is 0 Å². The number of aromatic nitrogens is 2. The van der Waals surface area contributed by atoms with E-state index >= 15 is 0 Å². The molecular formula is C13H15N3O. The Balaban J connectivity index is 2.11. The van der Waals surface area contributed by atoms with Crippen LogP contribution in [0.3, 0.4) is 0 Å². The van der Waals surface area contributed by atoms with Gasteiger partial charge in [-0.15, -0.1) is 0 Å². The molecule has 0 spiro atoms. The molecule has 2 N–H and O–H groups in total. The van der Waals surface area contributed by atoms with Gasteiger partial charge in [-0.05, 0) is 12.5 Å². The highest BCUT2D eigenvalue weighted by molar-refractivity contribution is 5.24. The van der Waals surface area contributed by atoms with Crippen LogP contribution in [-0.4, -0.2) is 9.97 Å². The maximum atomic E-state index is 5.66. The first kappa shape index (κ1) is 11.5. The van der Waals surface area contributed by atoms with E-state index in [0.29, 0.717) is 24.9 Å². The molecule has 0 amide bonds. The molecule has 0 radical (unpaired) electrons. The standard InChI is InChI=1S/C13H15N3O/c1-10-15-8-12(7-14)13(16-10)17-9-11-5-3-2-4-6-11/h2-6,8H,7,9,14H2,1H3. The van der Waals surface area contributed by atoms with Gasteiger partial charge in [0.1, 0.15) is 12.4 Å². The Morgan fingerprint density at radius 3 is 2.71 bits per heavy atom. The van der Waals surface area contributed by atoms with Gasteiger partial charge in [0, 0.05) is 18.3 Å². The Kier molecular flexibility index (Phi) is 3.67. The monoisotopic (exact) mass is 229 g/mol. The van der Waals surface area contributed by atoms with E-state index in [9.17, 15) is 0 Å². The Labute approximate surface area is 100 Å². The smallest absolute Gasteiger partial charge is 0.221 e. The number of rotatable bonds is 4. The van der Waals surface area contributed by atoms with E-state index in [0.717, 1.165) is 11.1 Å². The maximum absolute atomic E-state index is 5.66. The number of aryl methyl sites for hydroxylation is 1. The fourth-order valence-electron chi connectivity index (χ4n) is 1.47. The van der Waals surface area contributed by atoms with Gasteiger partial charge < -0.3 is 10.5 Å². The van der Waals surface area contributed by atoms with E-state index in [1.165, 1.54) is 0 Å². The molecule has 0 saturated carbocycles. The molecule has 0 bridgehead atoms. The average Bonchev–Trinajstić information content (AvgIpc) is 2.38. The van der Waals surface area contributed by atoms with E-state index in [4.69, 9.17) is 10.5 Å². The van der Waals surface area contributed by atoms with Crippen LogP contribution in [0.15, 0.2) is 36.5 Å². The van der Waals surface area contributed by atoms with Crippen molar-refractivity contribution in [1.29, 1.82) is 0 Å². The van der Waals surface area contributed by atoms with Gasteiger partial charge in [0.15, 0.2) is 0 Å². The van der Waals surface area contributed by atoms with Gasteiger partial charge in [-0.3, -0.25) is 0 Å². The fourth-order valence-corrected chi connectivity index (χ4v) is 1.47. The molecule has 0 aliphatic carbocycles. The molecule has 0 fully saturated rings. The van der Waals surface area contributed by atoms with Crippen molar-refractivity contribution < 1.29 is 4.74 Å². The van der Waals surface area contributed by atoms with Gasteiger partial charge in [0.2, 0.25) is 5.88 Å². The molecule has 0 aliphatic rings. The molecule has 1 heterocycles. The van der Waals surface area contributed by atoms with Gasteiger partial charge in [-0.2, -0.15) is 4.98 Å². The zero-order valence-corrected chi connectivity index (χ0v) is 9.76. The van der Waals surface area contributed by atoms with Crippen LogP contribution in [0.5, 0.6) is 5.88 Å². The molecule has 1 aromatic heterocycles. The fraction of sp³-hybridized carbons (Fsp3) is 0.231. The molecule has 2 rings (SSSR count). The van der Waals surface area contributed by atoms with E-state index in [2.05, 4.69) is 9.97 Å². The lowest BCUT2D eigenvalue weighted by Crippen LogP contribution is -2.06. The van der Waals surface area contributed by atoms with Crippen molar-refractivity contribution in [3.05, 3.63) is 53.5 Å². The predicted molar refractivity (Wildman–Crippen MR) is 65.4 cm³/mol. The topological polar surface area (TPSA) is 61.0 Å². The average molecular weight is 229 g/mol. The first-order valence-electron chi connectivity index (χ1n) is 5.49. The minimum absolute atomic E-state index is 0.379. The molecule has 0 atom stereocenters. The largest absolute Gasteiger partial charge is 0.472 e. The maximum Gasteiger partial charge on any atom is 0.221 e. The summed E-state index contributed by atoms with van der Waals surface area (Å²) in [5, 5.41) is 0. The Morgan fingerprint density at radius 2 is 2.00 bits per heavy atom. The third-order valence-electron chi connectivity index (χ3n) is 2.38. The lowest BCUT2D eigenvalue weighted by Gasteiger charge is -2.09. The zero-order chi connectivity index (χ0) is 12.1. The van der Waals surface area contributed by atoms with Gasteiger partial charge in [-0.25, -0.2) is 4.98 Å². The van der Waals surface area contributed by atoms with Crippen molar-refractivity contribution in [2.24, 2.45) is 5.73 Å². The summed E-state index contributed by atoms with van der Waals surface area (Å²) in [6.07, 6.45) is 1.71. The van der Waals surface area contributed by atoms with Crippen molar-refractivity contribution >= 4 is 0 Å². The number of ether oxygens (including phenoxy) is 1. The number of benzene rings is 1. The van der Waals surface area contributed by atoms with Crippen LogP contribution < -0.4 is 10.5 Å². The highest BCUT2D eigenvalue weighted by Gasteiger charge is 2.05. The minimum atomic E-state index is 0.379. The number of nitrogens with zero attached hydrogens (tertiary/aromatic N) is 2. The summed E-state index contributed by atoms with van der Waals surface area (Å²) in [6.45, 7) is 2.70. The Morgan fingerprint density at radius 1 is 1.24 bits per heavy atom. The van der Waals surface area contributed by atoms with Crippen molar-refractivity contribution in [3.63, 3.8) is 0 Å². The molecule has 4 heteroatoms. The van der Waals surface area contributed by atoms with E-state index in [1.807, 2.05) is 37.3 Å².